The second-order valence-corrected chi connectivity index (χ2v) is 15.6. The van der Waals surface area contributed by atoms with E-state index in [1.807, 2.05) is 67.8 Å². The maximum absolute atomic E-state index is 13.3. The van der Waals surface area contributed by atoms with E-state index in [-0.39, 0.29) is 29.1 Å². The lowest BCUT2D eigenvalue weighted by molar-refractivity contribution is 0.170. The van der Waals surface area contributed by atoms with Gasteiger partial charge in [0.05, 0.1) is 29.7 Å². The van der Waals surface area contributed by atoms with Crippen molar-refractivity contribution in [2.24, 2.45) is 0 Å². The highest BCUT2D eigenvalue weighted by atomic mass is 32.2. The molecule has 2 aromatic heterocycles. The monoisotopic (exact) mass is 645 g/mol. The van der Waals surface area contributed by atoms with Crippen molar-refractivity contribution in [3.63, 3.8) is 0 Å². The Morgan fingerprint density at radius 2 is 1.76 bits per heavy atom. The molecular formula is C34H43N7O4S. The molecule has 2 aliphatic rings. The van der Waals surface area contributed by atoms with Gasteiger partial charge in [0.1, 0.15) is 11.9 Å². The van der Waals surface area contributed by atoms with Crippen molar-refractivity contribution in [3.8, 4) is 5.75 Å². The third-order valence-electron chi connectivity index (χ3n) is 9.24. The highest BCUT2D eigenvalue weighted by Crippen LogP contribution is 2.40. The van der Waals surface area contributed by atoms with Crippen LogP contribution in [0.15, 0.2) is 60.8 Å². The van der Waals surface area contributed by atoms with E-state index in [2.05, 4.69) is 50.5 Å². The van der Waals surface area contributed by atoms with Crippen LogP contribution in [0, 0.1) is 0 Å². The largest absolute Gasteiger partial charge is 0.484 e. The van der Waals surface area contributed by atoms with Crippen molar-refractivity contribution in [2.45, 2.75) is 76.5 Å². The highest BCUT2D eigenvalue weighted by Gasteiger charge is 2.40. The molecule has 0 spiro atoms. The van der Waals surface area contributed by atoms with E-state index in [0.29, 0.717) is 24.2 Å². The lowest BCUT2D eigenvalue weighted by atomic mass is 9.85. The number of carbonyl (C=O) groups is 1. The van der Waals surface area contributed by atoms with Gasteiger partial charge >= 0.3 is 6.03 Å². The first kappa shape index (κ1) is 31.8. The van der Waals surface area contributed by atoms with Crippen LogP contribution in [0.4, 0.5) is 16.2 Å². The smallest absolute Gasteiger partial charge is 0.319 e. The number of likely N-dealkylation sites (tertiary alicyclic amines) is 1. The zero-order valence-electron chi connectivity index (χ0n) is 27.3. The number of nitrogens with one attached hydrogen (secondary N) is 3. The third-order valence-corrected chi connectivity index (χ3v) is 9.84. The van der Waals surface area contributed by atoms with E-state index in [9.17, 15) is 13.2 Å². The summed E-state index contributed by atoms with van der Waals surface area (Å²) in [6.45, 7) is 9.35. The minimum atomic E-state index is -3.49. The number of benzene rings is 2. The van der Waals surface area contributed by atoms with Crippen LogP contribution in [0.25, 0.3) is 5.65 Å². The van der Waals surface area contributed by atoms with E-state index in [1.54, 1.807) is 12.1 Å². The summed E-state index contributed by atoms with van der Waals surface area (Å²) in [7, 11) is -1.35. The number of carbonyl (C=O) groups excluding carboxylic acids is 1. The van der Waals surface area contributed by atoms with Crippen molar-refractivity contribution in [2.75, 3.05) is 29.9 Å². The summed E-state index contributed by atoms with van der Waals surface area (Å²) in [5, 5.41) is 15.0. The van der Waals surface area contributed by atoms with Gasteiger partial charge in [0.25, 0.3) is 0 Å². The lowest BCUT2D eigenvalue weighted by Gasteiger charge is -2.32. The van der Waals surface area contributed by atoms with Gasteiger partial charge < -0.3 is 15.4 Å². The van der Waals surface area contributed by atoms with Crippen molar-refractivity contribution >= 4 is 33.1 Å². The molecule has 1 aliphatic heterocycles. The summed E-state index contributed by atoms with van der Waals surface area (Å²) in [5.74, 6) is 1.65. The highest BCUT2D eigenvalue weighted by molar-refractivity contribution is 7.92. The van der Waals surface area contributed by atoms with Crippen LogP contribution in [0.5, 0.6) is 5.75 Å². The average Bonchev–Trinajstić information content (AvgIpc) is 3.55. The van der Waals surface area contributed by atoms with E-state index >= 15 is 0 Å². The third kappa shape index (κ3) is 6.54. The normalized spacial score (nSPS) is 22.0. The predicted molar refractivity (Wildman–Crippen MR) is 180 cm³/mol. The first-order valence-electron chi connectivity index (χ1n) is 15.7. The Bertz CT molecular complexity index is 1880. The Morgan fingerprint density at radius 1 is 1.02 bits per heavy atom. The van der Waals surface area contributed by atoms with Crippen molar-refractivity contribution in [3.05, 3.63) is 83.3 Å². The molecule has 0 saturated carbocycles. The molecular weight excluding hydrogens is 602 g/mol. The van der Waals surface area contributed by atoms with E-state index < -0.39 is 10.0 Å². The quantitative estimate of drug-likeness (QED) is 0.221. The summed E-state index contributed by atoms with van der Waals surface area (Å²) in [5.41, 5.74) is 4.16. The fraction of sp³-hybridized carbons (Fsp3) is 0.441. The Labute approximate surface area is 270 Å². The van der Waals surface area contributed by atoms with Crippen LogP contribution in [-0.4, -0.2) is 53.8 Å². The summed E-state index contributed by atoms with van der Waals surface area (Å²) in [6, 6.07) is 16.6. The molecule has 0 bridgehead atoms. The molecule has 1 aliphatic carbocycles. The molecule has 1 saturated heterocycles. The first-order chi connectivity index (χ1) is 21.7. The number of sulfonamides is 1. The Balaban J connectivity index is 1.19. The van der Waals surface area contributed by atoms with Crippen LogP contribution in [0.2, 0.25) is 0 Å². The molecule has 12 heteroatoms. The van der Waals surface area contributed by atoms with Gasteiger partial charge in [-0.25, -0.2) is 13.2 Å². The van der Waals surface area contributed by atoms with Gasteiger partial charge in [-0.05, 0) is 98.6 Å². The van der Waals surface area contributed by atoms with Crippen molar-refractivity contribution in [1.29, 1.82) is 0 Å². The molecule has 3 heterocycles. The molecule has 2 aromatic carbocycles. The summed E-state index contributed by atoms with van der Waals surface area (Å²) >= 11 is 0. The number of hydrogen-bond donors (Lipinski definition) is 3. The number of pyridine rings is 1. The molecule has 6 rings (SSSR count). The van der Waals surface area contributed by atoms with Crippen LogP contribution < -0.4 is 20.1 Å². The Kier molecular flexibility index (Phi) is 8.22. The first-order valence-corrected chi connectivity index (χ1v) is 17.6. The number of urea groups is 1. The lowest BCUT2D eigenvalue weighted by Crippen LogP contribution is -2.37. The van der Waals surface area contributed by atoms with E-state index in [4.69, 9.17) is 4.74 Å². The maximum Gasteiger partial charge on any atom is 0.319 e. The van der Waals surface area contributed by atoms with Crippen LogP contribution in [0.3, 0.4) is 0 Å². The van der Waals surface area contributed by atoms with Crippen molar-refractivity contribution < 1.29 is 17.9 Å². The minimum Gasteiger partial charge on any atom is -0.484 e. The second kappa shape index (κ2) is 11.9. The fourth-order valence-electron chi connectivity index (χ4n) is 6.61. The summed E-state index contributed by atoms with van der Waals surface area (Å²) in [4.78, 5) is 15.6. The minimum absolute atomic E-state index is 0.186. The molecule has 3 atom stereocenters. The molecule has 244 valence electrons. The molecule has 2 amide bonds. The molecule has 1 fully saturated rings. The van der Waals surface area contributed by atoms with Crippen LogP contribution in [0.1, 0.15) is 88.0 Å². The Morgan fingerprint density at radius 3 is 2.46 bits per heavy atom. The average molecular weight is 646 g/mol. The molecule has 46 heavy (non-hydrogen) atoms. The van der Waals surface area contributed by atoms with Gasteiger partial charge in [-0.15, -0.1) is 10.2 Å². The topological polar surface area (TPSA) is 130 Å². The molecule has 0 radical (unpaired) electrons. The fourth-order valence-corrected chi connectivity index (χ4v) is 7.15. The number of anilines is 2. The number of rotatable bonds is 7. The Hall–Kier alpha value is -4.16. The molecule has 11 nitrogen and oxygen atoms in total. The maximum atomic E-state index is 13.3. The van der Waals surface area contributed by atoms with Gasteiger partial charge in [0, 0.05) is 5.69 Å². The van der Waals surface area contributed by atoms with Gasteiger partial charge in [0.15, 0.2) is 11.5 Å². The second-order valence-electron chi connectivity index (χ2n) is 13.8. The number of aromatic nitrogens is 3. The van der Waals surface area contributed by atoms with Crippen LogP contribution >= 0.6 is 0 Å². The predicted octanol–water partition coefficient (Wildman–Crippen LogP) is 6.12. The van der Waals surface area contributed by atoms with Crippen molar-refractivity contribution in [1.82, 2.24) is 24.8 Å². The standard InChI is InChI=1S/C34H43N7O4S/c1-33(2,3)22-18-23(20-24(19-22)39-46(6,43)44)35-32(42)36-28-13-14-29(27-11-8-7-10-26(27)28)45-25-12-15-30-37-38-31(41(30)21-25)34(4)16-9-17-40(34)5/h7-8,10-12,15,18-21,28-29,39H,9,13-14,16-17H2,1-6H3,(H2,35,36,42)/t28-,29+,34+/m0/s1. The SMILES string of the molecule is CN1CCC[C@]1(C)c1nnc2ccc(O[C@@H]3CC[C@H](NC(=O)Nc4cc(NS(C)(=O)=O)cc(C(C)(C)C)c4)c4ccccc43)cn12. The van der Waals surface area contributed by atoms with Gasteiger partial charge in [-0.1, -0.05) is 45.0 Å². The summed E-state index contributed by atoms with van der Waals surface area (Å²) in [6.07, 6.45) is 6.43. The number of nitrogens with zero attached hydrogens (tertiary/aromatic N) is 4. The van der Waals surface area contributed by atoms with E-state index in [0.717, 1.165) is 59.6 Å². The number of ether oxygens (including phenoxy) is 1. The molecule has 4 aromatic rings. The van der Waals surface area contributed by atoms with Gasteiger partial charge in [-0.2, -0.15) is 0 Å². The zero-order chi connectivity index (χ0) is 32.9. The molecule has 0 unspecified atom stereocenters. The zero-order valence-corrected chi connectivity index (χ0v) is 28.1. The van der Waals surface area contributed by atoms with Gasteiger partial charge in [0.2, 0.25) is 10.0 Å². The van der Waals surface area contributed by atoms with E-state index in [1.165, 1.54) is 0 Å². The number of fused-ring (bicyclic) bond motifs is 2. The number of hydrogen-bond acceptors (Lipinski definition) is 7. The molecule has 3 N–H and O–H groups in total. The summed E-state index contributed by atoms with van der Waals surface area (Å²) < 4.78 is 35.0. The number of amides is 2. The van der Waals surface area contributed by atoms with Crippen LogP contribution in [-0.2, 0) is 21.0 Å². The van der Waals surface area contributed by atoms with Gasteiger partial charge in [-0.3, -0.25) is 14.0 Å².